The van der Waals surface area contributed by atoms with Gasteiger partial charge in [-0.3, -0.25) is 4.79 Å². The first kappa shape index (κ1) is 22.9. The van der Waals surface area contributed by atoms with Crippen molar-refractivity contribution >= 4 is 5.97 Å². The zero-order valence-corrected chi connectivity index (χ0v) is 15.3. The number of carbonyl (C=O) groups is 1. The van der Waals surface area contributed by atoms with Crippen LogP contribution in [0.15, 0.2) is 72.9 Å². The van der Waals surface area contributed by atoms with Gasteiger partial charge in [0.1, 0.15) is 0 Å². The van der Waals surface area contributed by atoms with Crippen molar-refractivity contribution in [2.75, 3.05) is 0 Å². The average molecular weight is 344 g/mol. The second-order valence-electron chi connectivity index (χ2n) is 5.55. The van der Waals surface area contributed by atoms with E-state index in [1.807, 2.05) is 36.5 Å². The van der Waals surface area contributed by atoms with Gasteiger partial charge in [0.05, 0.1) is 6.10 Å². The summed E-state index contributed by atoms with van der Waals surface area (Å²) in [6.07, 6.45) is 28.6. The summed E-state index contributed by atoms with van der Waals surface area (Å²) < 4.78 is 0. The quantitative estimate of drug-likeness (QED) is 0.322. The molecule has 0 bridgehead atoms. The van der Waals surface area contributed by atoms with Crippen molar-refractivity contribution in [2.24, 2.45) is 0 Å². The normalized spacial score (nSPS) is 14.3. The van der Waals surface area contributed by atoms with Crippen molar-refractivity contribution in [1.29, 1.82) is 0 Å². The van der Waals surface area contributed by atoms with Gasteiger partial charge >= 0.3 is 5.97 Å². The van der Waals surface area contributed by atoms with E-state index in [-0.39, 0.29) is 6.42 Å². The molecule has 0 rings (SSSR count). The molecule has 0 fully saturated rings. The van der Waals surface area contributed by atoms with Crippen LogP contribution in [0.4, 0.5) is 0 Å². The zero-order valence-electron chi connectivity index (χ0n) is 15.3. The predicted octanol–water partition coefficient (Wildman–Crippen LogP) is 5.52. The van der Waals surface area contributed by atoms with Crippen LogP contribution in [0.25, 0.3) is 0 Å². The second-order valence-corrected chi connectivity index (χ2v) is 5.55. The number of aliphatic hydroxyl groups is 1. The molecule has 25 heavy (non-hydrogen) atoms. The van der Waals surface area contributed by atoms with Crippen molar-refractivity contribution < 1.29 is 15.0 Å². The number of hydrogen-bond donors (Lipinski definition) is 2. The Morgan fingerprint density at radius 3 is 1.96 bits per heavy atom. The fraction of sp³-hybridized carbons (Fsp3) is 0.409. The predicted molar refractivity (Wildman–Crippen MR) is 106 cm³/mol. The molecular formula is C22H32O3. The maximum atomic E-state index is 10.3. The molecule has 0 aromatic carbocycles. The maximum Gasteiger partial charge on any atom is 0.303 e. The zero-order chi connectivity index (χ0) is 18.6. The molecular weight excluding hydrogens is 312 g/mol. The molecule has 1 unspecified atom stereocenters. The Morgan fingerprint density at radius 2 is 1.40 bits per heavy atom. The molecule has 0 aliphatic rings. The monoisotopic (exact) mass is 344 g/mol. The molecule has 0 aliphatic heterocycles. The molecule has 0 aliphatic carbocycles. The van der Waals surface area contributed by atoms with Crippen LogP contribution in [0.2, 0.25) is 0 Å². The highest BCUT2D eigenvalue weighted by atomic mass is 16.4. The van der Waals surface area contributed by atoms with Gasteiger partial charge in [0.15, 0.2) is 0 Å². The van der Waals surface area contributed by atoms with Crippen molar-refractivity contribution in [3.05, 3.63) is 72.9 Å². The Labute approximate surface area is 152 Å². The number of aliphatic hydroxyl groups excluding tert-OH is 1. The minimum Gasteiger partial charge on any atom is -0.481 e. The third kappa shape index (κ3) is 19.8. The summed E-state index contributed by atoms with van der Waals surface area (Å²) in [5, 5.41) is 18.2. The number of rotatable bonds is 14. The Bertz CT molecular complexity index is 493. The molecule has 3 heteroatoms. The van der Waals surface area contributed by atoms with Crippen LogP contribution in [0.3, 0.4) is 0 Å². The minimum absolute atomic E-state index is 0.194. The second kappa shape index (κ2) is 18.2. The fourth-order valence-corrected chi connectivity index (χ4v) is 1.86. The topological polar surface area (TPSA) is 57.5 Å². The van der Waals surface area contributed by atoms with E-state index in [4.69, 9.17) is 5.11 Å². The van der Waals surface area contributed by atoms with E-state index in [0.29, 0.717) is 12.8 Å². The first-order valence-corrected chi connectivity index (χ1v) is 9.00. The van der Waals surface area contributed by atoms with Gasteiger partial charge < -0.3 is 10.2 Å². The Balaban J connectivity index is 3.65. The summed E-state index contributed by atoms with van der Waals surface area (Å²) in [6.45, 7) is 2.08. The average Bonchev–Trinajstić information content (AvgIpc) is 2.58. The third-order valence-electron chi connectivity index (χ3n) is 3.20. The first-order chi connectivity index (χ1) is 12.2. The van der Waals surface area contributed by atoms with Gasteiger partial charge in [-0.15, -0.1) is 0 Å². The largest absolute Gasteiger partial charge is 0.481 e. The van der Waals surface area contributed by atoms with Crippen LogP contribution in [0.1, 0.15) is 51.9 Å². The van der Waals surface area contributed by atoms with E-state index in [1.54, 1.807) is 6.08 Å². The summed E-state index contributed by atoms with van der Waals surface area (Å²) in [5.41, 5.74) is 0. The fourth-order valence-electron chi connectivity index (χ4n) is 1.86. The van der Waals surface area contributed by atoms with Crippen molar-refractivity contribution in [3.8, 4) is 0 Å². The molecule has 1 atom stereocenters. The van der Waals surface area contributed by atoms with Gasteiger partial charge in [-0.1, -0.05) is 79.8 Å². The molecule has 0 radical (unpaired) electrons. The number of hydrogen-bond acceptors (Lipinski definition) is 2. The van der Waals surface area contributed by atoms with E-state index < -0.39 is 12.1 Å². The van der Waals surface area contributed by atoms with E-state index in [0.717, 1.165) is 25.7 Å². The van der Waals surface area contributed by atoms with E-state index in [2.05, 4.69) is 37.3 Å². The first-order valence-electron chi connectivity index (χ1n) is 9.00. The summed E-state index contributed by atoms with van der Waals surface area (Å²) in [6, 6.07) is 0. The van der Waals surface area contributed by atoms with Crippen LogP contribution in [-0.2, 0) is 4.79 Å². The third-order valence-corrected chi connectivity index (χ3v) is 3.20. The van der Waals surface area contributed by atoms with Crippen molar-refractivity contribution in [3.63, 3.8) is 0 Å². The molecule has 0 amide bonds. The molecule has 3 nitrogen and oxygen atoms in total. The number of carboxylic acids is 1. The minimum atomic E-state index is -0.755. The van der Waals surface area contributed by atoms with Crippen molar-refractivity contribution in [1.82, 2.24) is 0 Å². The van der Waals surface area contributed by atoms with Gasteiger partial charge in [0, 0.05) is 6.42 Å². The van der Waals surface area contributed by atoms with E-state index in [1.165, 1.54) is 0 Å². The number of carboxylic acid groups (broad SMARTS) is 1. The lowest BCUT2D eigenvalue weighted by atomic mass is 10.2. The van der Waals surface area contributed by atoms with Crippen LogP contribution in [-0.4, -0.2) is 22.3 Å². The lowest BCUT2D eigenvalue weighted by molar-refractivity contribution is -0.136. The van der Waals surface area contributed by atoms with Crippen LogP contribution < -0.4 is 0 Å². The van der Waals surface area contributed by atoms with Gasteiger partial charge in [-0.25, -0.2) is 0 Å². The van der Waals surface area contributed by atoms with Crippen LogP contribution in [0.5, 0.6) is 0 Å². The summed E-state index contributed by atoms with van der Waals surface area (Å²) in [7, 11) is 0. The van der Waals surface area contributed by atoms with E-state index in [9.17, 15) is 9.90 Å². The molecule has 0 spiro atoms. The summed E-state index contributed by atoms with van der Waals surface area (Å²) in [5.74, 6) is -0.755. The number of aliphatic carboxylic acids is 1. The maximum absolute atomic E-state index is 10.3. The molecule has 138 valence electrons. The van der Waals surface area contributed by atoms with Gasteiger partial charge in [0.25, 0.3) is 0 Å². The molecule has 0 aromatic rings. The van der Waals surface area contributed by atoms with Crippen LogP contribution >= 0.6 is 0 Å². The molecule has 0 heterocycles. The summed E-state index contributed by atoms with van der Waals surface area (Å²) >= 11 is 0. The number of allylic oxidation sites excluding steroid dienone is 10. The highest BCUT2D eigenvalue weighted by Gasteiger charge is 1.92. The van der Waals surface area contributed by atoms with Crippen LogP contribution in [0, 0.1) is 0 Å². The molecule has 0 aromatic heterocycles. The molecule has 2 N–H and O–H groups in total. The Morgan fingerprint density at radius 1 is 0.840 bits per heavy atom. The van der Waals surface area contributed by atoms with Crippen molar-refractivity contribution in [2.45, 2.75) is 58.0 Å². The van der Waals surface area contributed by atoms with Gasteiger partial charge in [-0.05, 0) is 38.5 Å². The Hall–Kier alpha value is -2.13. The highest BCUT2D eigenvalue weighted by Crippen LogP contribution is 1.99. The Kier molecular flexibility index (Phi) is 16.7. The van der Waals surface area contributed by atoms with Gasteiger partial charge in [-0.2, -0.15) is 0 Å². The lowest BCUT2D eigenvalue weighted by Crippen LogP contribution is -1.98. The standard InChI is InChI=1S/C22H32O3/c1-2-3-4-15-18-21(23)19-16-13-11-9-7-5-6-8-10-12-14-17-20-22(24)25/h3-4,6-9,12-16,18,21,23H,2,5,10-11,17,19-20H2,1H3,(H,24,25)/b4-3+,8-6+,9-7+,14-12+,16-13+,18-15+. The lowest BCUT2D eigenvalue weighted by Gasteiger charge is -1.98. The van der Waals surface area contributed by atoms with Gasteiger partial charge in [0.2, 0.25) is 0 Å². The SMILES string of the molecule is CC/C=C/C=C/C(O)C/C=C/C/C=C/C/C=C/C/C=C/CCC(=O)O. The summed E-state index contributed by atoms with van der Waals surface area (Å²) in [4.78, 5) is 10.3. The molecule has 0 saturated heterocycles. The van der Waals surface area contributed by atoms with E-state index >= 15 is 0 Å². The molecule has 0 saturated carbocycles. The highest BCUT2D eigenvalue weighted by molar-refractivity contribution is 5.66. The smallest absolute Gasteiger partial charge is 0.303 e.